The maximum absolute atomic E-state index is 13.9. The van der Waals surface area contributed by atoms with E-state index in [1.165, 1.54) is 18.2 Å². The SMILES string of the molecule is CC1c2c(O)ccc(F)c2N=CC1Cc1ccc(Cl)cc1F. The fraction of sp³-hybridized carbons (Fsp3) is 0.235. The molecule has 0 spiro atoms. The van der Waals surface area contributed by atoms with Gasteiger partial charge in [-0.2, -0.15) is 0 Å². The summed E-state index contributed by atoms with van der Waals surface area (Å²) < 4.78 is 27.7. The van der Waals surface area contributed by atoms with Crippen LogP contribution in [0.15, 0.2) is 35.3 Å². The first-order chi connectivity index (χ1) is 10.5. The maximum atomic E-state index is 13.9. The molecule has 0 bridgehead atoms. The fourth-order valence-electron chi connectivity index (χ4n) is 2.83. The number of aliphatic imine (C=N–C) groups is 1. The van der Waals surface area contributed by atoms with E-state index in [1.807, 2.05) is 6.92 Å². The van der Waals surface area contributed by atoms with Crippen molar-refractivity contribution in [3.05, 3.63) is 58.1 Å². The number of phenols is 1. The number of benzene rings is 2. The van der Waals surface area contributed by atoms with Gasteiger partial charge in [0.2, 0.25) is 0 Å². The van der Waals surface area contributed by atoms with Crippen molar-refractivity contribution in [3.8, 4) is 5.75 Å². The molecule has 0 aliphatic carbocycles. The van der Waals surface area contributed by atoms with Gasteiger partial charge in [0.25, 0.3) is 0 Å². The van der Waals surface area contributed by atoms with Gasteiger partial charge >= 0.3 is 0 Å². The second-order valence-electron chi connectivity index (χ2n) is 5.50. The molecular weight excluding hydrogens is 308 g/mol. The van der Waals surface area contributed by atoms with Crippen molar-refractivity contribution in [3.63, 3.8) is 0 Å². The van der Waals surface area contributed by atoms with E-state index < -0.39 is 5.82 Å². The molecule has 1 aliphatic heterocycles. The lowest BCUT2D eigenvalue weighted by molar-refractivity contribution is 0.447. The molecule has 2 aromatic rings. The Morgan fingerprint density at radius 3 is 2.68 bits per heavy atom. The third kappa shape index (κ3) is 2.59. The average Bonchev–Trinajstić information content (AvgIpc) is 2.48. The highest BCUT2D eigenvalue weighted by molar-refractivity contribution is 6.30. The van der Waals surface area contributed by atoms with E-state index in [2.05, 4.69) is 4.99 Å². The molecule has 22 heavy (non-hydrogen) atoms. The van der Waals surface area contributed by atoms with Crippen molar-refractivity contribution in [2.24, 2.45) is 10.9 Å². The Morgan fingerprint density at radius 2 is 1.95 bits per heavy atom. The van der Waals surface area contributed by atoms with Crippen LogP contribution in [-0.2, 0) is 6.42 Å². The van der Waals surface area contributed by atoms with Gasteiger partial charge in [-0.1, -0.05) is 24.6 Å². The topological polar surface area (TPSA) is 32.6 Å². The Kier molecular flexibility index (Phi) is 3.87. The summed E-state index contributed by atoms with van der Waals surface area (Å²) in [6.45, 7) is 1.88. The van der Waals surface area contributed by atoms with E-state index >= 15 is 0 Å². The highest BCUT2D eigenvalue weighted by atomic mass is 35.5. The van der Waals surface area contributed by atoms with E-state index in [1.54, 1.807) is 18.3 Å². The minimum Gasteiger partial charge on any atom is -0.508 e. The fourth-order valence-corrected chi connectivity index (χ4v) is 2.99. The van der Waals surface area contributed by atoms with Crippen LogP contribution in [-0.4, -0.2) is 11.3 Å². The predicted octanol–water partition coefficient (Wildman–Crippen LogP) is 5.00. The smallest absolute Gasteiger partial charge is 0.149 e. The zero-order chi connectivity index (χ0) is 15.9. The molecule has 2 nitrogen and oxygen atoms in total. The molecule has 0 saturated heterocycles. The number of hydrogen-bond acceptors (Lipinski definition) is 2. The van der Waals surface area contributed by atoms with Gasteiger partial charge in [-0.05, 0) is 42.2 Å². The summed E-state index contributed by atoms with van der Waals surface area (Å²) in [7, 11) is 0. The van der Waals surface area contributed by atoms with Gasteiger partial charge in [0.1, 0.15) is 23.1 Å². The summed E-state index contributed by atoms with van der Waals surface area (Å²) in [6, 6.07) is 7.06. The molecule has 3 rings (SSSR count). The summed E-state index contributed by atoms with van der Waals surface area (Å²) in [4.78, 5) is 4.12. The summed E-state index contributed by atoms with van der Waals surface area (Å²) in [5.74, 6) is -1.12. The van der Waals surface area contributed by atoms with Crippen LogP contribution in [0, 0.1) is 17.6 Å². The lowest BCUT2D eigenvalue weighted by Gasteiger charge is -2.27. The van der Waals surface area contributed by atoms with Gasteiger partial charge in [-0.25, -0.2) is 8.78 Å². The standard InChI is InChI=1S/C17H14ClF2NO/c1-9-11(6-10-2-3-12(18)7-14(10)20)8-21-17-13(19)4-5-15(22)16(9)17/h2-5,7-9,11,22H,6H2,1H3. The van der Waals surface area contributed by atoms with E-state index in [9.17, 15) is 13.9 Å². The molecule has 0 saturated carbocycles. The first kappa shape index (κ1) is 15.0. The van der Waals surface area contributed by atoms with Gasteiger partial charge in [0.05, 0.1) is 0 Å². The van der Waals surface area contributed by atoms with Crippen LogP contribution in [0.3, 0.4) is 0 Å². The van der Waals surface area contributed by atoms with Crippen molar-refractivity contribution in [2.45, 2.75) is 19.3 Å². The molecule has 0 radical (unpaired) electrons. The van der Waals surface area contributed by atoms with Crippen LogP contribution < -0.4 is 0 Å². The lowest BCUT2D eigenvalue weighted by Crippen LogP contribution is -2.19. The van der Waals surface area contributed by atoms with E-state index in [-0.39, 0.29) is 29.1 Å². The summed E-state index contributed by atoms with van der Waals surface area (Å²) in [5.41, 5.74) is 1.16. The van der Waals surface area contributed by atoms with Crippen LogP contribution >= 0.6 is 11.6 Å². The minimum absolute atomic E-state index is 0.0160. The quantitative estimate of drug-likeness (QED) is 0.829. The Morgan fingerprint density at radius 1 is 1.18 bits per heavy atom. The molecule has 5 heteroatoms. The summed E-state index contributed by atoms with van der Waals surface area (Å²) in [5, 5.41) is 10.3. The highest BCUT2D eigenvalue weighted by Crippen LogP contribution is 2.43. The molecule has 0 aromatic heterocycles. The average molecular weight is 322 g/mol. The van der Waals surface area contributed by atoms with E-state index in [0.29, 0.717) is 22.6 Å². The molecule has 114 valence electrons. The molecule has 1 heterocycles. The number of fused-ring (bicyclic) bond motifs is 1. The Labute approximate surface area is 132 Å². The Bertz CT molecular complexity index is 761. The molecule has 2 atom stereocenters. The Hall–Kier alpha value is -1.94. The maximum Gasteiger partial charge on any atom is 0.149 e. The van der Waals surface area contributed by atoms with Crippen molar-refractivity contribution in [1.82, 2.24) is 0 Å². The number of hydrogen-bond donors (Lipinski definition) is 1. The molecule has 2 aromatic carbocycles. The molecule has 1 aliphatic rings. The van der Waals surface area contributed by atoms with Crippen LogP contribution in [0.2, 0.25) is 5.02 Å². The number of phenolic OH excluding ortho intramolecular Hbond substituents is 1. The van der Waals surface area contributed by atoms with Gasteiger partial charge in [0, 0.05) is 22.7 Å². The summed E-state index contributed by atoms with van der Waals surface area (Å²) in [6.07, 6.45) is 2.03. The molecule has 1 N–H and O–H groups in total. The Balaban J connectivity index is 1.94. The number of halogens is 3. The van der Waals surface area contributed by atoms with Crippen molar-refractivity contribution < 1.29 is 13.9 Å². The van der Waals surface area contributed by atoms with Crippen LogP contribution in [0.25, 0.3) is 0 Å². The zero-order valence-corrected chi connectivity index (χ0v) is 12.6. The molecule has 0 fully saturated rings. The summed E-state index contributed by atoms with van der Waals surface area (Å²) >= 11 is 5.75. The van der Waals surface area contributed by atoms with Gasteiger partial charge in [0.15, 0.2) is 0 Å². The molecule has 2 unspecified atom stereocenters. The second-order valence-corrected chi connectivity index (χ2v) is 5.94. The number of rotatable bonds is 2. The van der Waals surface area contributed by atoms with E-state index in [4.69, 9.17) is 11.6 Å². The van der Waals surface area contributed by atoms with Crippen molar-refractivity contribution >= 4 is 23.5 Å². The largest absolute Gasteiger partial charge is 0.508 e. The second kappa shape index (κ2) is 5.69. The van der Waals surface area contributed by atoms with Gasteiger partial charge < -0.3 is 5.11 Å². The van der Waals surface area contributed by atoms with Crippen molar-refractivity contribution in [1.29, 1.82) is 0 Å². The van der Waals surface area contributed by atoms with Crippen LogP contribution in [0.5, 0.6) is 5.75 Å². The number of nitrogens with zero attached hydrogens (tertiary/aromatic N) is 1. The third-order valence-electron chi connectivity index (χ3n) is 4.11. The van der Waals surface area contributed by atoms with Crippen molar-refractivity contribution in [2.75, 3.05) is 0 Å². The number of aromatic hydroxyl groups is 1. The van der Waals surface area contributed by atoms with E-state index in [0.717, 1.165) is 0 Å². The molecule has 0 amide bonds. The van der Waals surface area contributed by atoms with Gasteiger partial charge in [-0.3, -0.25) is 4.99 Å². The van der Waals surface area contributed by atoms with Gasteiger partial charge in [-0.15, -0.1) is 0 Å². The normalized spacial score (nSPS) is 20.0. The third-order valence-corrected chi connectivity index (χ3v) is 4.34. The van der Waals surface area contributed by atoms with Crippen LogP contribution in [0.4, 0.5) is 14.5 Å². The lowest BCUT2D eigenvalue weighted by atomic mass is 9.81. The zero-order valence-electron chi connectivity index (χ0n) is 11.9. The predicted molar refractivity (Wildman–Crippen MR) is 83.2 cm³/mol. The first-order valence-electron chi connectivity index (χ1n) is 6.97. The first-order valence-corrected chi connectivity index (χ1v) is 7.34. The minimum atomic E-state index is -0.466. The molecular formula is C17H14ClF2NO. The monoisotopic (exact) mass is 321 g/mol. The highest BCUT2D eigenvalue weighted by Gasteiger charge is 2.29. The van der Waals surface area contributed by atoms with Crippen LogP contribution in [0.1, 0.15) is 24.0 Å².